The Morgan fingerprint density at radius 1 is 1.00 bits per heavy atom. The minimum absolute atomic E-state index is 0.0663. The van der Waals surface area contributed by atoms with Gasteiger partial charge in [0, 0.05) is 24.5 Å². The standard InChI is InChI=1S/C29H34ClN3O5S/c1-5-31-29(35)27(17-22-10-7-6-8-11-22)32(19-23-12-9-13-25(16-23)38-3)28(34)20-33(39(4,36)37)26-18-24(30)15-14-21(26)2/h6-16,18,27H,5,17,19-20H2,1-4H3,(H,31,35). The first-order valence-corrected chi connectivity index (χ1v) is 14.7. The molecule has 1 N–H and O–H groups in total. The van der Waals surface area contributed by atoms with Crippen molar-refractivity contribution in [3.63, 3.8) is 0 Å². The van der Waals surface area contributed by atoms with Gasteiger partial charge in [-0.1, -0.05) is 60.1 Å². The number of rotatable bonds is 12. The fourth-order valence-electron chi connectivity index (χ4n) is 4.26. The highest BCUT2D eigenvalue weighted by molar-refractivity contribution is 7.92. The van der Waals surface area contributed by atoms with E-state index >= 15 is 0 Å². The first kappa shape index (κ1) is 30.0. The van der Waals surface area contributed by atoms with Gasteiger partial charge in [0.05, 0.1) is 19.1 Å². The summed E-state index contributed by atoms with van der Waals surface area (Å²) < 4.78 is 32.2. The van der Waals surface area contributed by atoms with Gasteiger partial charge in [0.2, 0.25) is 21.8 Å². The number of methoxy groups -OCH3 is 1. The predicted molar refractivity (Wildman–Crippen MR) is 155 cm³/mol. The van der Waals surface area contributed by atoms with Gasteiger partial charge in [0.1, 0.15) is 18.3 Å². The molecule has 0 spiro atoms. The molecule has 3 aromatic rings. The largest absolute Gasteiger partial charge is 0.497 e. The number of carbonyl (C=O) groups excluding carboxylic acids is 2. The number of hydrogen-bond donors (Lipinski definition) is 1. The molecule has 208 valence electrons. The van der Waals surface area contributed by atoms with E-state index < -0.39 is 28.5 Å². The van der Waals surface area contributed by atoms with Crippen molar-refractivity contribution < 1.29 is 22.7 Å². The summed E-state index contributed by atoms with van der Waals surface area (Å²) in [6.45, 7) is 3.49. The van der Waals surface area contributed by atoms with Crippen LogP contribution in [0.2, 0.25) is 5.02 Å². The van der Waals surface area contributed by atoms with Crippen LogP contribution in [0.15, 0.2) is 72.8 Å². The van der Waals surface area contributed by atoms with E-state index in [2.05, 4.69) is 5.32 Å². The van der Waals surface area contributed by atoms with Crippen molar-refractivity contribution in [1.82, 2.24) is 10.2 Å². The molecule has 0 aromatic heterocycles. The fraction of sp³-hybridized carbons (Fsp3) is 0.310. The normalized spacial score (nSPS) is 11.9. The highest BCUT2D eigenvalue weighted by Gasteiger charge is 2.33. The van der Waals surface area contributed by atoms with Gasteiger partial charge in [-0.15, -0.1) is 0 Å². The number of likely N-dealkylation sites (N-methyl/N-ethyl adjacent to an activating group) is 1. The van der Waals surface area contributed by atoms with Crippen molar-refractivity contribution >= 4 is 39.1 Å². The van der Waals surface area contributed by atoms with Crippen LogP contribution >= 0.6 is 11.6 Å². The second kappa shape index (κ2) is 13.5. The number of nitrogens with one attached hydrogen (secondary N) is 1. The molecule has 0 saturated carbocycles. The van der Waals surface area contributed by atoms with E-state index in [1.807, 2.05) is 36.4 Å². The molecule has 3 aromatic carbocycles. The van der Waals surface area contributed by atoms with Gasteiger partial charge in [-0.2, -0.15) is 0 Å². The first-order chi connectivity index (χ1) is 18.5. The minimum atomic E-state index is -3.88. The Morgan fingerprint density at radius 3 is 2.33 bits per heavy atom. The molecular weight excluding hydrogens is 538 g/mol. The first-order valence-electron chi connectivity index (χ1n) is 12.5. The molecule has 3 rings (SSSR count). The molecule has 0 aliphatic carbocycles. The van der Waals surface area contributed by atoms with Crippen molar-refractivity contribution in [2.45, 2.75) is 32.9 Å². The number of carbonyl (C=O) groups is 2. The molecule has 1 atom stereocenters. The lowest BCUT2D eigenvalue weighted by Gasteiger charge is -2.33. The third-order valence-corrected chi connectivity index (χ3v) is 7.59. The van der Waals surface area contributed by atoms with Crippen molar-refractivity contribution in [3.05, 3.63) is 94.5 Å². The third-order valence-electron chi connectivity index (χ3n) is 6.23. The Morgan fingerprint density at radius 2 is 1.69 bits per heavy atom. The van der Waals surface area contributed by atoms with Crippen molar-refractivity contribution in [1.29, 1.82) is 0 Å². The third kappa shape index (κ3) is 8.21. The van der Waals surface area contributed by atoms with Crippen LogP contribution in [0.3, 0.4) is 0 Å². The smallest absolute Gasteiger partial charge is 0.244 e. The summed E-state index contributed by atoms with van der Waals surface area (Å²) in [5, 5.41) is 3.18. The lowest BCUT2D eigenvalue weighted by atomic mass is 10.0. The molecule has 0 radical (unpaired) electrons. The van der Waals surface area contributed by atoms with Crippen LogP contribution in [0, 0.1) is 6.92 Å². The highest BCUT2D eigenvalue weighted by Crippen LogP contribution is 2.27. The molecule has 0 heterocycles. The molecule has 0 bridgehead atoms. The second-order valence-corrected chi connectivity index (χ2v) is 11.5. The zero-order valence-electron chi connectivity index (χ0n) is 22.6. The average Bonchev–Trinajstić information content (AvgIpc) is 2.90. The SMILES string of the molecule is CCNC(=O)C(Cc1ccccc1)N(Cc1cccc(OC)c1)C(=O)CN(c1cc(Cl)ccc1C)S(C)(=O)=O. The Labute approximate surface area is 235 Å². The van der Waals surface area contributed by atoms with Crippen molar-refractivity contribution in [2.24, 2.45) is 0 Å². The van der Waals surface area contributed by atoms with Gasteiger partial charge in [-0.05, 0) is 54.8 Å². The maximum atomic E-state index is 14.0. The summed E-state index contributed by atoms with van der Waals surface area (Å²) in [6, 6.07) is 20.6. The lowest BCUT2D eigenvalue weighted by Crippen LogP contribution is -2.53. The predicted octanol–water partition coefficient (Wildman–Crippen LogP) is 4.20. The number of amides is 2. The molecule has 1 unspecified atom stereocenters. The molecule has 10 heteroatoms. The van der Waals surface area contributed by atoms with E-state index in [-0.39, 0.29) is 18.9 Å². The van der Waals surface area contributed by atoms with Crippen LogP contribution in [-0.4, -0.2) is 57.6 Å². The van der Waals surface area contributed by atoms with E-state index in [0.29, 0.717) is 28.6 Å². The number of sulfonamides is 1. The van der Waals surface area contributed by atoms with Gasteiger partial charge in [-0.3, -0.25) is 13.9 Å². The second-order valence-electron chi connectivity index (χ2n) is 9.17. The van der Waals surface area contributed by atoms with Crippen LogP contribution in [0.1, 0.15) is 23.6 Å². The van der Waals surface area contributed by atoms with Crippen LogP contribution in [0.5, 0.6) is 5.75 Å². The summed E-state index contributed by atoms with van der Waals surface area (Å²) in [4.78, 5) is 28.9. The van der Waals surface area contributed by atoms with Gasteiger partial charge in [-0.25, -0.2) is 8.42 Å². The topological polar surface area (TPSA) is 96.0 Å². The van der Waals surface area contributed by atoms with Crippen LogP contribution in [0.4, 0.5) is 5.69 Å². The quantitative estimate of drug-likeness (QED) is 0.351. The lowest BCUT2D eigenvalue weighted by molar-refractivity contribution is -0.140. The Hall–Kier alpha value is -3.56. The monoisotopic (exact) mass is 571 g/mol. The number of benzene rings is 3. The molecular formula is C29H34ClN3O5S. The van der Waals surface area contributed by atoms with Crippen LogP contribution in [0.25, 0.3) is 0 Å². The van der Waals surface area contributed by atoms with E-state index in [9.17, 15) is 18.0 Å². The van der Waals surface area contributed by atoms with E-state index in [4.69, 9.17) is 16.3 Å². The van der Waals surface area contributed by atoms with Crippen LogP contribution in [-0.2, 0) is 32.6 Å². The number of hydrogen-bond acceptors (Lipinski definition) is 5. The summed E-state index contributed by atoms with van der Waals surface area (Å²) >= 11 is 6.18. The molecule has 0 aliphatic heterocycles. The molecule has 0 saturated heterocycles. The Balaban J connectivity index is 2.08. The number of aryl methyl sites for hydroxylation is 1. The van der Waals surface area contributed by atoms with Gasteiger partial charge in [0.25, 0.3) is 0 Å². The average molecular weight is 572 g/mol. The van der Waals surface area contributed by atoms with Gasteiger partial charge >= 0.3 is 0 Å². The van der Waals surface area contributed by atoms with E-state index in [1.165, 1.54) is 11.0 Å². The van der Waals surface area contributed by atoms with Gasteiger partial charge < -0.3 is 15.0 Å². The number of halogens is 1. The summed E-state index contributed by atoms with van der Waals surface area (Å²) in [5.74, 6) is -0.262. The molecule has 0 fully saturated rings. The van der Waals surface area contributed by atoms with Crippen molar-refractivity contribution in [2.75, 3.05) is 30.8 Å². The number of nitrogens with zero attached hydrogens (tertiary/aromatic N) is 2. The zero-order valence-corrected chi connectivity index (χ0v) is 24.1. The summed E-state index contributed by atoms with van der Waals surface area (Å²) in [6.07, 6.45) is 1.29. The molecule has 39 heavy (non-hydrogen) atoms. The summed E-state index contributed by atoms with van der Waals surface area (Å²) in [7, 11) is -2.33. The number of ether oxygens (including phenoxy) is 1. The summed E-state index contributed by atoms with van der Waals surface area (Å²) in [5.41, 5.74) is 2.54. The highest BCUT2D eigenvalue weighted by atomic mass is 35.5. The maximum absolute atomic E-state index is 14.0. The fourth-order valence-corrected chi connectivity index (χ4v) is 5.32. The zero-order chi connectivity index (χ0) is 28.6. The minimum Gasteiger partial charge on any atom is -0.497 e. The molecule has 8 nitrogen and oxygen atoms in total. The Bertz CT molecular complexity index is 1400. The maximum Gasteiger partial charge on any atom is 0.244 e. The van der Waals surface area contributed by atoms with Crippen LogP contribution < -0.4 is 14.4 Å². The molecule has 2 amide bonds. The molecule has 0 aliphatic rings. The van der Waals surface area contributed by atoms with Gasteiger partial charge in [0.15, 0.2) is 0 Å². The number of anilines is 1. The van der Waals surface area contributed by atoms with Crippen molar-refractivity contribution in [3.8, 4) is 5.75 Å². The van der Waals surface area contributed by atoms with E-state index in [0.717, 1.165) is 21.7 Å². The Kier molecular flexibility index (Phi) is 10.4. The van der Waals surface area contributed by atoms with E-state index in [1.54, 1.807) is 51.3 Å².